The van der Waals surface area contributed by atoms with Crippen LogP contribution in [0.4, 0.5) is 5.69 Å². The van der Waals surface area contributed by atoms with Gasteiger partial charge in [0.1, 0.15) is 0 Å². The molecular weight excluding hydrogens is 308 g/mol. The van der Waals surface area contributed by atoms with Crippen molar-refractivity contribution in [2.75, 3.05) is 5.32 Å². The number of anilines is 1. The molecular formula is C19H17ClN2O. The van der Waals surface area contributed by atoms with E-state index in [1.165, 1.54) is 0 Å². The lowest BCUT2D eigenvalue weighted by Crippen LogP contribution is -2.13. The number of carbonyl (C=O) groups is 1. The second kappa shape index (κ2) is 6.80. The summed E-state index contributed by atoms with van der Waals surface area (Å²) in [7, 11) is 0. The van der Waals surface area contributed by atoms with E-state index >= 15 is 0 Å². The molecule has 0 radical (unpaired) electrons. The maximum Gasteiger partial charge on any atom is 0.224 e. The fourth-order valence-electron chi connectivity index (χ4n) is 2.58. The predicted octanol–water partition coefficient (Wildman–Crippen LogP) is 4.77. The minimum atomic E-state index is -0.0288. The van der Waals surface area contributed by atoms with Crippen LogP contribution in [0.2, 0.25) is 5.02 Å². The van der Waals surface area contributed by atoms with Crippen LogP contribution in [-0.2, 0) is 11.2 Å². The average molecular weight is 325 g/mol. The average Bonchev–Trinajstić information content (AvgIpc) is 2.57. The van der Waals surface area contributed by atoms with Gasteiger partial charge in [-0.25, -0.2) is 0 Å². The van der Waals surface area contributed by atoms with Crippen molar-refractivity contribution in [3.8, 4) is 0 Å². The van der Waals surface area contributed by atoms with Gasteiger partial charge in [0.15, 0.2) is 0 Å². The number of nitrogens with zero attached hydrogens (tertiary/aromatic N) is 1. The third kappa shape index (κ3) is 3.51. The number of nitrogens with one attached hydrogen (secondary N) is 1. The quantitative estimate of drug-likeness (QED) is 0.751. The lowest BCUT2D eigenvalue weighted by atomic mass is 10.1. The van der Waals surface area contributed by atoms with Gasteiger partial charge in [-0.2, -0.15) is 0 Å². The summed E-state index contributed by atoms with van der Waals surface area (Å²) in [5, 5.41) is 4.64. The molecule has 0 aliphatic rings. The van der Waals surface area contributed by atoms with Gasteiger partial charge in [-0.15, -0.1) is 0 Å². The molecule has 1 aromatic heterocycles. The highest BCUT2D eigenvalue weighted by Gasteiger charge is 2.09. The Morgan fingerprint density at radius 3 is 2.78 bits per heavy atom. The minimum absolute atomic E-state index is 0.0288. The zero-order valence-electron chi connectivity index (χ0n) is 12.8. The Hall–Kier alpha value is -2.39. The monoisotopic (exact) mass is 324 g/mol. The summed E-state index contributed by atoms with van der Waals surface area (Å²) >= 11 is 6.12. The zero-order chi connectivity index (χ0) is 16.2. The summed E-state index contributed by atoms with van der Waals surface area (Å²) in [6, 6.07) is 15.3. The normalized spacial score (nSPS) is 10.7. The Labute approximate surface area is 140 Å². The van der Waals surface area contributed by atoms with Gasteiger partial charge in [0.25, 0.3) is 0 Å². The molecule has 1 N–H and O–H groups in total. The van der Waals surface area contributed by atoms with Crippen molar-refractivity contribution >= 4 is 34.1 Å². The molecule has 0 saturated heterocycles. The van der Waals surface area contributed by atoms with Crippen LogP contribution in [0.25, 0.3) is 10.9 Å². The van der Waals surface area contributed by atoms with E-state index in [0.29, 0.717) is 17.9 Å². The van der Waals surface area contributed by atoms with Gasteiger partial charge in [0.05, 0.1) is 11.2 Å². The summed E-state index contributed by atoms with van der Waals surface area (Å²) in [6.07, 6.45) is 2.77. The predicted molar refractivity (Wildman–Crippen MR) is 94.9 cm³/mol. The summed E-state index contributed by atoms with van der Waals surface area (Å²) in [6.45, 7) is 2.01. The molecule has 1 amide bonds. The van der Waals surface area contributed by atoms with Gasteiger partial charge in [-0.3, -0.25) is 9.78 Å². The molecule has 3 rings (SSSR count). The molecule has 0 bridgehead atoms. The van der Waals surface area contributed by atoms with E-state index in [4.69, 9.17) is 11.6 Å². The molecule has 116 valence electrons. The molecule has 23 heavy (non-hydrogen) atoms. The Bertz CT molecular complexity index is 861. The number of carbonyl (C=O) groups excluding carboxylic acids is 1. The van der Waals surface area contributed by atoms with Crippen LogP contribution in [0, 0.1) is 6.92 Å². The highest BCUT2D eigenvalue weighted by Crippen LogP contribution is 2.25. The molecule has 0 atom stereocenters. The van der Waals surface area contributed by atoms with Crippen LogP contribution in [0.5, 0.6) is 0 Å². The molecule has 0 aliphatic heterocycles. The Balaban J connectivity index is 1.74. The van der Waals surface area contributed by atoms with Crippen LogP contribution in [0.1, 0.15) is 17.5 Å². The number of aromatic nitrogens is 1. The second-order valence-corrected chi connectivity index (χ2v) is 5.88. The maximum atomic E-state index is 12.3. The van der Waals surface area contributed by atoms with Gasteiger partial charge in [0.2, 0.25) is 5.91 Å². The number of benzene rings is 2. The van der Waals surface area contributed by atoms with Crippen molar-refractivity contribution < 1.29 is 4.79 Å². The summed E-state index contributed by atoms with van der Waals surface area (Å²) in [5.74, 6) is -0.0288. The Kier molecular flexibility index (Phi) is 4.58. The van der Waals surface area contributed by atoms with Crippen LogP contribution in [-0.4, -0.2) is 10.9 Å². The van der Waals surface area contributed by atoms with E-state index in [2.05, 4.69) is 10.3 Å². The first kappa shape index (κ1) is 15.5. The van der Waals surface area contributed by atoms with Gasteiger partial charge < -0.3 is 5.32 Å². The van der Waals surface area contributed by atoms with Crippen molar-refractivity contribution in [1.82, 2.24) is 4.98 Å². The molecule has 0 saturated carbocycles. The Morgan fingerprint density at radius 2 is 1.96 bits per heavy atom. The number of hydrogen-bond donors (Lipinski definition) is 1. The summed E-state index contributed by atoms with van der Waals surface area (Å²) in [4.78, 5) is 16.6. The van der Waals surface area contributed by atoms with Gasteiger partial charge >= 0.3 is 0 Å². The van der Waals surface area contributed by atoms with E-state index < -0.39 is 0 Å². The first-order valence-electron chi connectivity index (χ1n) is 7.53. The lowest BCUT2D eigenvalue weighted by Gasteiger charge is -2.10. The van der Waals surface area contributed by atoms with Crippen LogP contribution < -0.4 is 5.32 Å². The van der Waals surface area contributed by atoms with Crippen molar-refractivity contribution in [2.24, 2.45) is 0 Å². The fraction of sp³-hybridized carbons (Fsp3) is 0.158. The molecule has 1 heterocycles. The molecule has 3 aromatic rings. The van der Waals surface area contributed by atoms with E-state index in [-0.39, 0.29) is 5.91 Å². The number of amides is 1. The summed E-state index contributed by atoms with van der Waals surface area (Å²) in [5.41, 5.74) is 3.79. The van der Waals surface area contributed by atoms with E-state index in [1.54, 1.807) is 6.20 Å². The van der Waals surface area contributed by atoms with Gasteiger partial charge in [-0.05, 0) is 48.7 Å². The first-order valence-corrected chi connectivity index (χ1v) is 7.90. The minimum Gasteiger partial charge on any atom is -0.325 e. The number of pyridine rings is 1. The number of fused-ring (bicyclic) bond motifs is 1. The fourth-order valence-corrected chi connectivity index (χ4v) is 2.82. The van der Waals surface area contributed by atoms with Crippen LogP contribution in [0.15, 0.2) is 54.7 Å². The number of hydrogen-bond acceptors (Lipinski definition) is 2. The van der Waals surface area contributed by atoms with E-state index in [0.717, 1.165) is 27.7 Å². The van der Waals surface area contributed by atoms with E-state index in [1.807, 2.05) is 55.5 Å². The van der Waals surface area contributed by atoms with Crippen molar-refractivity contribution in [3.63, 3.8) is 0 Å². The molecule has 0 unspecified atom stereocenters. The zero-order valence-corrected chi connectivity index (χ0v) is 13.6. The summed E-state index contributed by atoms with van der Waals surface area (Å²) < 4.78 is 0. The Morgan fingerprint density at radius 1 is 1.13 bits per heavy atom. The second-order valence-electron chi connectivity index (χ2n) is 5.47. The SMILES string of the molecule is Cc1ccc(NC(=O)CCc2ccccc2Cl)c2cccnc12. The van der Waals surface area contributed by atoms with Crippen molar-refractivity contribution in [1.29, 1.82) is 0 Å². The third-order valence-corrected chi connectivity index (χ3v) is 4.19. The smallest absolute Gasteiger partial charge is 0.224 e. The number of halogens is 1. The third-order valence-electron chi connectivity index (χ3n) is 3.82. The lowest BCUT2D eigenvalue weighted by molar-refractivity contribution is -0.116. The number of aryl methyl sites for hydroxylation is 2. The van der Waals surface area contributed by atoms with Gasteiger partial charge in [-0.1, -0.05) is 35.9 Å². The van der Waals surface area contributed by atoms with Crippen LogP contribution in [0.3, 0.4) is 0 Å². The molecule has 3 nitrogen and oxygen atoms in total. The first-order chi connectivity index (χ1) is 11.1. The largest absolute Gasteiger partial charge is 0.325 e. The van der Waals surface area contributed by atoms with E-state index in [9.17, 15) is 4.79 Å². The van der Waals surface area contributed by atoms with Gasteiger partial charge in [0, 0.05) is 23.0 Å². The standard InChI is InChI=1S/C19H17ClN2O/c1-13-8-10-17(15-6-4-12-21-19(13)15)22-18(23)11-9-14-5-2-3-7-16(14)20/h2-8,10,12H,9,11H2,1H3,(H,22,23). The molecule has 2 aromatic carbocycles. The van der Waals surface area contributed by atoms with Crippen molar-refractivity contribution in [2.45, 2.75) is 19.8 Å². The molecule has 0 fully saturated rings. The molecule has 0 aliphatic carbocycles. The molecule has 4 heteroatoms. The van der Waals surface area contributed by atoms with Crippen molar-refractivity contribution in [3.05, 3.63) is 70.9 Å². The number of rotatable bonds is 4. The topological polar surface area (TPSA) is 42.0 Å². The highest BCUT2D eigenvalue weighted by molar-refractivity contribution is 6.31. The molecule has 0 spiro atoms. The maximum absolute atomic E-state index is 12.3. The van der Waals surface area contributed by atoms with Crippen LogP contribution >= 0.6 is 11.6 Å². The highest BCUT2D eigenvalue weighted by atomic mass is 35.5.